The summed E-state index contributed by atoms with van der Waals surface area (Å²) < 4.78 is 15.1. The van der Waals surface area contributed by atoms with E-state index in [1.807, 2.05) is 0 Å². The minimum atomic E-state index is -0.974. The lowest BCUT2D eigenvalue weighted by Crippen LogP contribution is -2.18. The van der Waals surface area contributed by atoms with E-state index in [1.54, 1.807) is 6.92 Å². The number of aromatic hydroxyl groups is 1. The highest BCUT2D eigenvalue weighted by Gasteiger charge is 2.27. The molecule has 0 aliphatic carbocycles. The molecule has 0 aliphatic heterocycles. The molecule has 1 N–H and O–H groups in total. The smallest absolute Gasteiger partial charge is 0.379 e. The number of carbonyl (C=O) groups excluding carboxylic acids is 2. The van der Waals surface area contributed by atoms with E-state index in [0.29, 0.717) is 10.8 Å². The van der Waals surface area contributed by atoms with Gasteiger partial charge in [0, 0.05) is 5.39 Å². The Morgan fingerprint density at radius 3 is 2.50 bits per heavy atom. The predicted molar refractivity (Wildman–Crippen MR) is 68.6 cm³/mol. The van der Waals surface area contributed by atoms with Crippen LogP contribution in [0, 0.1) is 0 Å². The van der Waals surface area contributed by atoms with Gasteiger partial charge >= 0.3 is 5.97 Å². The maximum atomic E-state index is 12.2. The number of ketones is 1. The maximum absolute atomic E-state index is 12.2. The molecule has 0 unspecified atom stereocenters. The molecule has 0 aliphatic rings. The number of phenols is 1. The second-order valence-corrected chi connectivity index (χ2v) is 4.10. The number of fused-ring (bicyclic) bond motifs is 2. The number of carbonyl (C=O) groups is 2. The number of ether oxygens (including phenoxy) is 1. The fourth-order valence-electron chi connectivity index (χ4n) is 2.15. The second-order valence-electron chi connectivity index (χ2n) is 4.10. The van der Waals surface area contributed by atoms with Gasteiger partial charge in [0.15, 0.2) is 11.3 Å². The van der Waals surface area contributed by atoms with Crippen molar-refractivity contribution in [1.82, 2.24) is 0 Å². The molecule has 0 fully saturated rings. The average Bonchev–Trinajstić information content (AvgIpc) is 3.07. The number of hydrogen-bond acceptors (Lipinski definition) is 6. The Hall–Kier alpha value is -2.76. The quantitative estimate of drug-likeness (QED) is 0.448. The van der Waals surface area contributed by atoms with Crippen molar-refractivity contribution in [2.24, 2.45) is 0 Å². The Morgan fingerprint density at radius 1 is 1.15 bits per heavy atom. The van der Waals surface area contributed by atoms with Crippen LogP contribution < -0.4 is 0 Å². The third-order valence-electron chi connectivity index (χ3n) is 2.98. The highest BCUT2D eigenvalue weighted by Crippen LogP contribution is 2.38. The molecule has 0 radical (unpaired) electrons. The summed E-state index contributed by atoms with van der Waals surface area (Å²) >= 11 is 0. The Labute approximate surface area is 112 Å². The van der Waals surface area contributed by atoms with Gasteiger partial charge in [0.05, 0.1) is 30.1 Å². The fourth-order valence-corrected chi connectivity index (χ4v) is 2.15. The van der Waals surface area contributed by atoms with E-state index in [4.69, 9.17) is 13.6 Å². The van der Waals surface area contributed by atoms with E-state index in [-0.39, 0.29) is 29.1 Å². The highest BCUT2D eigenvalue weighted by atomic mass is 16.5. The van der Waals surface area contributed by atoms with Crippen LogP contribution in [0.15, 0.2) is 33.5 Å². The van der Waals surface area contributed by atoms with Crippen LogP contribution in [0.5, 0.6) is 5.75 Å². The number of esters is 1. The summed E-state index contributed by atoms with van der Waals surface area (Å²) in [5, 5.41) is 10.7. The number of Topliss-reactive ketones (excluding diaryl/α,β-unsaturated/α-hetero) is 1. The van der Waals surface area contributed by atoms with Crippen LogP contribution in [0.2, 0.25) is 0 Å². The summed E-state index contributed by atoms with van der Waals surface area (Å²) in [6, 6.07) is 2.98. The second kappa shape index (κ2) is 4.41. The number of rotatable bonds is 3. The van der Waals surface area contributed by atoms with Crippen LogP contribution in [0.3, 0.4) is 0 Å². The summed E-state index contributed by atoms with van der Waals surface area (Å²) in [6.07, 6.45) is 2.65. The molecule has 1 aromatic carbocycles. The van der Waals surface area contributed by atoms with Crippen molar-refractivity contribution in [2.75, 3.05) is 6.61 Å². The molecule has 0 saturated heterocycles. The van der Waals surface area contributed by atoms with Crippen LogP contribution in [-0.4, -0.2) is 23.5 Å². The Kier molecular flexibility index (Phi) is 2.71. The predicted octanol–water partition coefficient (Wildman–Crippen LogP) is 2.63. The minimum absolute atomic E-state index is 0.0324. The monoisotopic (exact) mass is 274 g/mol. The van der Waals surface area contributed by atoms with E-state index >= 15 is 0 Å². The van der Waals surface area contributed by atoms with Gasteiger partial charge in [0.1, 0.15) is 5.58 Å². The first-order valence-corrected chi connectivity index (χ1v) is 5.96. The van der Waals surface area contributed by atoms with Crippen molar-refractivity contribution in [3.63, 3.8) is 0 Å². The van der Waals surface area contributed by atoms with Gasteiger partial charge in [-0.2, -0.15) is 0 Å². The third-order valence-corrected chi connectivity index (χ3v) is 2.98. The number of furan rings is 2. The number of hydrogen-bond donors (Lipinski definition) is 1. The number of benzene rings is 1. The summed E-state index contributed by atoms with van der Waals surface area (Å²) in [7, 11) is 0. The van der Waals surface area contributed by atoms with Gasteiger partial charge in [-0.25, -0.2) is 4.79 Å². The largest absolute Gasteiger partial charge is 0.504 e. The lowest BCUT2D eigenvalue weighted by Gasteiger charge is -2.05. The van der Waals surface area contributed by atoms with Gasteiger partial charge in [-0.05, 0) is 19.1 Å². The summed E-state index contributed by atoms with van der Waals surface area (Å²) in [4.78, 5) is 23.9. The zero-order valence-corrected chi connectivity index (χ0v) is 10.5. The first-order valence-electron chi connectivity index (χ1n) is 5.96. The van der Waals surface area contributed by atoms with Gasteiger partial charge in [0.2, 0.25) is 0 Å². The molecule has 2 heterocycles. The first kappa shape index (κ1) is 12.3. The van der Waals surface area contributed by atoms with E-state index in [1.165, 1.54) is 24.7 Å². The minimum Gasteiger partial charge on any atom is -0.504 e. The van der Waals surface area contributed by atoms with Crippen LogP contribution in [0.1, 0.15) is 17.3 Å². The summed E-state index contributed by atoms with van der Waals surface area (Å²) in [5.74, 6) is -1.94. The SMILES string of the molecule is CCOC(=O)C(=O)c1c2ccoc2c(O)c2ccoc12. The summed E-state index contributed by atoms with van der Waals surface area (Å²) in [5.41, 5.74) is 0.297. The van der Waals surface area contributed by atoms with Gasteiger partial charge in [0.25, 0.3) is 5.78 Å². The van der Waals surface area contributed by atoms with Crippen molar-refractivity contribution in [3.05, 3.63) is 30.2 Å². The van der Waals surface area contributed by atoms with Gasteiger partial charge in [-0.15, -0.1) is 0 Å². The third kappa shape index (κ3) is 1.58. The van der Waals surface area contributed by atoms with E-state index < -0.39 is 11.8 Å². The van der Waals surface area contributed by atoms with Crippen molar-refractivity contribution in [1.29, 1.82) is 0 Å². The molecule has 6 nitrogen and oxygen atoms in total. The van der Waals surface area contributed by atoms with Crippen molar-refractivity contribution >= 4 is 33.7 Å². The molecule has 3 aromatic rings. The molecule has 3 rings (SSSR count). The molecule has 0 bridgehead atoms. The molecular formula is C14H10O6. The fraction of sp³-hybridized carbons (Fsp3) is 0.143. The Morgan fingerprint density at radius 2 is 1.80 bits per heavy atom. The summed E-state index contributed by atoms with van der Waals surface area (Å²) in [6.45, 7) is 1.70. The molecule has 0 amide bonds. The van der Waals surface area contributed by atoms with Gasteiger partial charge < -0.3 is 18.7 Å². The van der Waals surface area contributed by atoms with Crippen molar-refractivity contribution < 1.29 is 28.3 Å². The van der Waals surface area contributed by atoms with Gasteiger partial charge in [-0.1, -0.05) is 0 Å². The molecule has 20 heavy (non-hydrogen) atoms. The molecule has 102 valence electrons. The Balaban J connectivity index is 2.34. The maximum Gasteiger partial charge on any atom is 0.379 e. The lowest BCUT2D eigenvalue weighted by atomic mass is 10.0. The average molecular weight is 274 g/mol. The molecule has 6 heteroatoms. The van der Waals surface area contributed by atoms with Crippen LogP contribution >= 0.6 is 0 Å². The molecule has 2 aromatic heterocycles. The standard InChI is InChI=1S/C14H10O6/c1-2-18-14(17)11(16)9-7-3-5-20-13(7)10(15)8-4-6-19-12(8)9/h3-6,15H,2H2,1H3. The molecule has 0 spiro atoms. The van der Waals surface area contributed by atoms with Crippen LogP contribution in [0.25, 0.3) is 21.9 Å². The van der Waals surface area contributed by atoms with Crippen LogP contribution in [0.4, 0.5) is 0 Å². The lowest BCUT2D eigenvalue weighted by molar-refractivity contribution is -0.137. The molecular weight excluding hydrogens is 264 g/mol. The van der Waals surface area contributed by atoms with E-state index in [2.05, 4.69) is 0 Å². The van der Waals surface area contributed by atoms with Crippen LogP contribution in [-0.2, 0) is 9.53 Å². The van der Waals surface area contributed by atoms with E-state index in [0.717, 1.165) is 0 Å². The number of phenolic OH excluding ortho intramolecular Hbond substituents is 1. The van der Waals surface area contributed by atoms with E-state index in [9.17, 15) is 14.7 Å². The van der Waals surface area contributed by atoms with Crippen molar-refractivity contribution in [2.45, 2.75) is 6.92 Å². The first-order chi connectivity index (χ1) is 9.65. The highest BCUT2D eigenvalue weighted by molar-refractivity contribution is 6.45. The molecule has 0 saturated carbocycles. The molecule has 0 atom stereocenters. The Bertz CT molecular complexity index is 771. The normalized spacial score (nSPS) is 11.1. The van der Waals surface area contributed by atoms with Gasteiger partial charge in [-0.3, -0.25) is 4.79 Å². The zero-order chi connectivity index (χ0) is 14.3. The topological polar surface area (TPSA) is 89.9 Å². The van der Waals surface area contributed by atoms with Crippen molar-refractivity contribution in [3.8, 4) is 5.75 Å². The zero-order valence-electron chi connectivity index (χ0n) is 10.5.